The largest absolute Gasteiger partial charge is 0.466 e. The molecule has 0 aliphatic heterocycles. The summed E-state index contributed by atoms with van der Waals surface area (Å²) < 4.78 is 6.57. The zero-order valence-electron chi connectivity index (χ0n) is 11.0. The maximum atomic E-state index is 5.62. The first-order valence-electron chi connectivity index (χ1n) is 6.47. The van der Waals surface area contributed by atoms with Crippen LogP contribution in [0.4, 0.5) is 0 Å². The van der Waals surface area contributed by atoms with Gasteiger partial charge in [0.15, 0.2) is 0 Å². The van der Waals surface area contributed by atoms with Crippen LogP contribution >= 0.6 is 15.9 Å². The second-order valence-electron chi connectivity index (χ2n) is 4.39. The van der Waals surface area contributed by atoms with Gasteiger partial charge in [0, 0.05) is 18.0 Å². The molecule has 0 saturated heterocycles. The van der Waals surface area contributed by atoms with Gasteiger partial charge in [-0.05, 0) is 34.6 Å². The zero-order valence-corrected chi connectivity index (χ0v) is 12.6. The Hall–Kier alpha value is -1.72. The standard InChI is InChI=1S/C15H14BrN3O/c1-2-17-14(15-11(16)6-9-20-15)10-4-3-5-12-13(10)19-8-7-18-12/h3-9,14,17H,2H2,1H3. The van der Waals surface area contributed by atoms with Gasteiger partial charge in [-0.2, -0.15) is 0 Å². The minimum absolute atomic E-state index is 0.0511. The highest BCUT2D eigenvalue weighted by molar-refractivity contribution is 9.10. The Morgan fingerprint density at radius 3 is 2.85 bits per heavy atom. The van der Waals surface area contributed by atoms with Gasteiger partial charge < -0.3 is 9.73 Å². The Labute approximate surface area is 125 Å². The highest BCUT2D eigenvalue weighted by atomic mass is 79.9. The van der Waals surface area contributed by atoms with Gasteiger partial charge in [0.1, 0.15) is 5.76 Å². The average molecular weight is 332 g/mol. The van der Waals surface area contributed by atoms with Gasteiger partial charge in [-0.15, -0.1) is 0 Å². The number of nitrogens with one attached hydrogen (secondary N) is 1. The predicted molar refractivity (Wildman–Crippen MR) is 81.5 cm³/mol. The maximum Gasteiger partial charge on any atom is 0.139 e. The Bertz CT molecular complexity index is 720. The van der Waals surface area contributed by atoms with E-state index in [1.165, 1.54) is 0 Å². The molecule has 3 rings (SSSR count). The van der Waals surface area contributed by atoms with Gasteiger partial charge in [0.25, 0.3) is 0 Å². The van der Waals surface area contributed by atoms with Crippen molar-refractivity contribution < 1.29 is 4.42 Å². The molecular weight excluding hydrogens is 318 g/mol. The molecule has 2 heterocycles. The van der Waals surface area contributed by atoms with Crippen molar-refractivity contribution in [2.75, 3.05) is 6.54 Å². The number of rotatable bonds is 4. The molecule has 0 spiro atoms. The van der Waals surface area contributed by atoms with Gasteiger partial charge >= 0.3 is 0 Å². The predicted octanol–water partition coefficient (Wildman–Crippen LogP) is 3.68. The molecule has 3 aromatic rings. The highest BCUT2D eigenvalue weighted by Crippen LogP contribution is 2.32. The molecule has 4 nitrogen and oxygen atoms in total. The van der Waals surface area contributed by atoms with E-state index in [1.807, 2.05) is 18.2 Å². The fourth-order valence-electron chi connectivity index (χ4n) is 2.31. The van der Waals surface area contributed by atoms with E-state index in [9.17, 15) is 0 Å². The Balaban J connectivity index is 2.17. The van der Waals surface area contributed by atoms with Crippen LogP contribution in [-0.4, -0.2) is 16.5 Å². The number of halogens is 1. The van der Waals surface area contributed by atoms with Gasteiger partial charge in [-0.3, -0.25) is 9.97 Å². The summed E-state index contributed by atoms with van der Waals surface area (Å²) in [4.78, 5) is 8.82. The monoisotopic (exact) mass is 331 g/mol. The average Bonchev–Trinajstić information content (AvgIpc) is 2.90. The van der Waals surface area contributed by atoms with Gasteiger partial charge in [0.2, 0.25) is 0 Å². The summed E-state index contributed by atoms with van der Waals surface area (Å²) in [6.45, 7) is 2.90. The quantitative estimate of drug-likeness (QED) is 0.792. The van der Waals surface area contributed by atoms with Crippen LogP contribution in [0.25, 0.3) is 11.0 Å². The Morgan fingerprint density at radius 1 is 1.25 bits per heavy atom. The minimum atomic E-state index is -0.0511. The molecule has 0 radical (unpaired) electrons. The summed E-state index contributed by atoms with van der Waals surface area (Å²) in [6.07, 6.45) is 5.10. The molecule has 5 heteroatoms. The molecule has 1 atom stereocenters. The first-order valence-corrected chi connectivity index (χ1v) is 7.26. The third-order valence-electron chi connectivity index (χ3n) is 3.16. The number of aromatic nitrogens is 2. The van der Waals surface area contributed by atoms with Crippen molar-refractivity contribution in [3.05, 3.63) is 58.7 Å². The Kier molecular flexibility index (Phi) is 3.80. The maximum absolute atomic E-state index is 5.62. The molecule has 0 saturated carbocycles. The summed E-state index contributed by atoms with van der Waals surface area (Å²) >= 11 is 3.53. The molecule has 0 bridgehead atoms. The molecule has 1 aromatic carbocycles. The fourth-order valence-corrected chi connectivity index (χ4v) is 2.74. The van der Waals surface area contributed by atoms with Crippen LogP contribution < -0.4 is 5.32 Å². The van der Waals surface area contributed by atoms with Crippen LogP contribution in [0.2, 0.25) is 0 Å². The summed E-state index contributed by atoms with van der Waals surface area (Å²) in [6, 6.07) is 7.86. The summed E-state index contributed by atoms with van der Waals surface area (Å²) in [5, 5.41) is 3.44. The van der Waals surface area contributed by atoms with E-state index in [1.54, 1.807) is 18.7 Å². The van der Waals surface area contributed by atoms with E-state index >= 15 is 0 Å². The van der Waals surface area contributed by atoms with E-state index in [0.29, 0.717) is 0 Å². The van der Waals surface area contributed by atoms with E-state index in [2.05, 4.69) is 44.2 Å². The number of furan rings is 1. The first kappa shape index (κ1) is 13.3. The third kappa shape index (κ3) is 2.34. The zero-order chi connectivity index (χ0) is 13.9. The second-order valence-corrected chi connectivity index (χ2v) is 5.25. The lowest BCUT2D eigenvalue weighted by Crippen LogP contribution is -2.22. The normalized spacial score (nSPS) is 12.7. The van der Waals surface area contributed by atoms with Gasteiger partial charge in [0.05, 0.1) is 27.8 Å². The second kappa shape index (κ2) is 5.73. The summed E-state index contributed by atoms with van der Waals surface area (Å²) in [7, 11) is 0. The molecule has 0 fully saturated rings. The molecule has 1 unspecified atom stereocenters. The van der Waals surface area contributed by atoms with Crippen LogP contribution in [-0.2, 0) is 0 Å². The lowest BCUT2D eigenvalue weighted by molar-refractivity contribution is 0.451. The van der Waals surface area contributed by atoms with Crippen molar-refractivity contribution >= 4 is 27.0 Å². The van der Waals surface area contributed by atoms with E-state index in [4.69, 9.17) is 4.42 Å². The lowest BCUT2D eigenvalue weighted by atomic mass is 10.0. The van der Waals surface area contributed by atoms with Gasteiger partial charge in [-0.1, -0.05) is 19.1 Å². The molecular formula is C15H14BrN3O. The summed E-state index contributed by atoms with van der Waals surface area (Å²) in [5.41, 5.74) is 2.84. The van der Waals surface area contributed by atoms with Crippen molar-refractivity contribution in [3.63, 3.8) is 0 Å². The number of nitrogens with zero attached hydrogens (tertiary/aromatic N) is 2. The van der Waals surface area contributed by atoms with Crippen LogP contribution in [0.5, 0.6) is 0 Å². The third-order valence-corrected chi connectivity index (χ3v) is 3.81. The number of benzene rings is 1. The van der Waals surface area contributed by atoms with Crippen molar-refractivity contribution in [3.8, 4) is 0 Å². The molecule has 0 aliphatic carbocycles. The smallest absolute Gasteiger partial charge is 0.139 e. The summed E-state index contributed by atoms with van der Waals surface area (Å²) in [5.74, 6) is 0.852. The van der Waals surface area contributed by atoms with E-state index in [0.717, 1.165) is 33.4 Å². The van der Waals surface area contributed by atoms with Crippen LogP contribution in [0.15, 0.2) is 51.8 Å². The van der Waals surface area contributed by atoms with E-state index in [-0.39, 0.29) is 6.04 Å². The minimum Gasteiger partial charge on any atom is -0.466 e. The number of hydrogen-bond acceptors (Lipinski definition) is 4. The number of fused-ring (bicyclic) bond motifs is 1. The van der Waals surface area contributed by atoms with Gasteiger partial charge in [-0.25, -0.2) is 0 Å². The SMILES string of the molecule is CCNC(c1occc1Br)c1cccc2nccnc12. The lowest BCUT2D eigenvalue weighted by Gasteiger charge is -2.17. The van der Waals surface area contributed by atoms with Crippen molar-refractivity contribution in [2.45, 2.75) is 13.0 Å². The topological polar surface area (TPSA) is 51.0 Å². The Morgan fingerprint density at radius 2 is 2.10 bits per heavy atom. The van der Waals surface area contributed by atoms with Crippen LogP contribution in [0.1, 0.15) is 24.3 Å². The van der Waals surface area contributed by atoms with Crippen molar-refractivity contribution in [1.82, 2.24) is 15.3 Å². The molecule has 1 N–H and O–H groups in total. The number of hydrogen-bond donors (Lipinski definition) is 1. The van der Waals surface area contributed by atoms with Crippen molar-refractivity contribution in [1.29, 1.82) is 0 Å². The van der Waals surface area contributed by atoms with E-state index < -0.39 is 0 Å². The molecule has 0 aliphatic rings. The first-order chi connectivity index (χ1) is 9.81. The highest BCUT2D eigenvalue weighted by Gasteiger charge is 2.21. The van der Waals surface area contributed by atoms with Crippen LogP contribution in [0, 0.1) is 0 Å². The number of para-hydroxylation sites is 1. The molecule has 2 aromatic heterocycles. The molecule has 0 amide bonds. The molecule has 20 heavy (non-hydrogen) atoms. The van der Waals surface area contributed by atoms with Crippen molar-refractivity contribution in [2.24, 2.45) is 0 Å². The molecule has 102 valence electrons. The fraction of sp³-hybridized carbons (Fsp3) is 0.200. The van der Waals surface area contributed by atoms with Crippen LogP contribution in [0.3, 0.4) is 0 Å².